The fourth-order valence-electron chi connectivity index (χ4n) is 1.58. The van der Waals surface area contributed by atoms with Gasteiger partial charge in [0.05, 0.1) is 17.9 Å². The summed E-state index contributed by atoms with van der Waals surface area (Å²) in [6.07, 6.45) is 0. The molecule has 0 aliphatic rings. The molecule has 0 aromatic carbocycles. The molecule has 0 fully saturated rings. The minimum absolute atomic E-state index is 0.0241. The molecule has 0 unspecified atom stereocenters. The van der Waals surface area contributed by atoms with Crippen LogP contribution in [0.4, 0.5) is 0 Å². The van der Waals surface area contributed by atoms with Gasteiger partial charge in [-0.3, -0.25) is 5.10 Å². The van der Waals surface area contributed by atoms with Crippen molar-refractivity contribution < 1.29 is 12.9 Å². The minimum atomic E-state index is -3.63. The lowest BCUT2D eigenvalue weighted by Crippen LogP contribution is -2.24. The van der Waals surface area contributed by atoms with Gasteiger partial charge in [-0.2, -0.15) is 10.1 Å². The fourth-order valence-corrected chi connectivity index (χ4v) is 2.93. The second-order valence-corrected chi connectivity index (χ2v) is 5.52. The van der Waals surface area contributed by atoms with Crippen molar-refractivity contribution in [3.05, 3.63) is 23.1 Å². The Balaban J connectivity index is 2.18. The van der Waals surface area contributed by atoms with E-state index < -0.39 is 10.0 Å². The lowest BCUT2D eigenvalue weighted by Gasteiger charge is -2.04. The van der Waals surface area contributed by atoms with E-state index in [1.165, 1.54) is 0 Å². The van der Waals surface area contributed by atoms with Gasteiger partial charge in [0.2, 0.25) is 15.9 Å². The lowest BCUT2D eigenvalue weighted by atomic mass is 10.4. The number of rotatable bonds is 4. The summed E-state index contributed by atoms with van der Waals surface area (Å²) in [6.45, 7) is 4.88. The van der Waals surface area contributed by atoms with Gasteiger partial charge in [-0.1, -0.05) is 5.16 Å². The van der Waals surface area contributed by atoms with Crippen LogP contribution in [-0.2, 0) is 16.6 Å². The van der Waals surface area contributed by atoms with Crippen molar-refractivity contribution in [2.45, 2.75) is 32.2 Å². The summed E-state index contributed by atoms with van der Waals surface area (Å²) in [4.78, 5) is 4.07. The van der Waals surface area contributed by atoms with Gasteiger partial charge < -0.3 is 4.52 Å². The van der Waals surface area contributed by atoms with E-state index in [4.69, 9.17) is 4.52 Å². The third-order valence-corrected chi connectivity index (χ3v) is 3.98. The molecule has 0 spiro atoms. The Morgan fingerprint density at radius 3 is 2.56 bits per heavy atom. The van der Waals surface area contributed by atoms with E-state index in [-0.39, 0.29) is 17.3 Å². The van der Waals surface area contributed by atoms with Crippen molar-refractivity contribution in [1.29, 1.82) is 0 Å². The van der Waals surface area contributed by atoms with Crippen LogP contribution in [0.5, 0.6) is 0 Å². The van der Waals surface area contributed by atoms with Crippen molar-refractivity contribution in [3.63, 3.8) is 0 Å². The third kappa shape index (κ3) is 2.41. The molecule has 2 rings (SSSR count). The quantitative estimate of drug-likeness (QED) is 0.820. The molecule has 2 N–H and O–H groups in total. The highest BCUT2D eigenvalue weighted by Gasteiger charge is 2.22. The van der Waals surface area contributed by atoms with E-state index in [1.807, 2.05) is 0 Å². The number of H-pyrrole nitrogens is 1. The number of aromatic amines is 1. The van der Waals surface area contributed by atoms with Gasteiger partial charge in [-0.15, -0.1) is 0 Å². The molecule has 18 heavy (non-hydrogen) atoms. The van der Waals surface area contributed by atoms with Crippen LogP contribution < -0.4 is 4.72 Å². The summed E-state index contributed by atoms with van der Waals surface area (Å²) < 4.78 is 31.3. The number of sulfonamides is 1. The minimum Gasteiger partial charge on any atom is -0.340 e. The summed E-state index contributed by atoms with van der Waals surface area (Å²) in [5, 5.41) is 10.1. The first-order valence-corrected chi connectivity index (χ1v) is 6.69. The van der Waals surface area contributed by atoms with Crippen LogP contribution in [0.25, 0.3) is 0 Å². The molecular formula is C9H13N5O3S. The van der Waals surface area contributed by atoms with Gasteiger partial charge in [0.1, 0.15) is 4.90 Å². The Morgan fingerprint density at radius 2 is 2.06 bits per heavy atom. The zero-order valence-corrected chi connectivity index (χ0v) is 11.0. The second-order valence-electron chi connectivity index (χ2n) is 3.82. The SMILES string of the molecule is Cc1nc(CNS(=O)(=O)c2c(C)n[nH]c2C)no1. The standard InChI is InChI=1S/C9H13N5O3S/c1-5-9(6(2)13-12-5)18(15,16)10-4-8-11-7(3)17-14-8/h10H,4H2,1-3H3,(H,12,13). The van der Waals surface area contributed by atoms with Crippen molar-refractivity contribution in [2.75, 3.05) is 0 Å². The van der Waals surface area contributed by atoms with Gasteiger partial charge in [-0.05, 0) is 13.8 Å². The Labute approximate surface area is 104 Å². The van der Waals surface area contributed by atoms with Gasteiger partial charge in [0.15, 0.2) is 5.82 Å². The molecule has 2 aromatic heterocycles. The summed E-state index contributed by atoms with van der Waals surface area (Å²) in [7, 11) is -3.63. The Kier molecular flexibility index (Phi) is 3.18. The van der Waals surface area contributed by atoms with Crippen LogP contribution in [0, 0.1) is 20.8 Å². The van der Waals surface area contributed by atoms with E-state index in [0.717, 1.165) is 0 Å². The van der Waals surface area contributed by atoms with E-state index in [0.29, 0.717) is 17.3 Å². The smallest absolute Gasteiger partial charge is 0.244 e. The molecule has 9 heteroatoms. The van der Waals surface area contributed by atoms with Crippen molar-refractivity contribution >= 4 is 10.0 Å². The van der Waals surface area contributed by atoms with E-state index in [1.54, 1.807) is 20.8 Å². The first-order chi connectivity index (χ1) is 8.40. The Bertz CT molecular complexity index is 638. The highest BCUT2D eigenvalue weighted by Crippen LogP contribution is 2.16. The fraction of sp³-hybridized carbons (Fsp3) is 0.444. The predicted octanol–water partition coefficient (Wildman–Crippen LogP) is 0.196. The number of hydrogen-bond acceptors (Lipinski definition) is 6. The Morgan fingerprint density at radius 1 is 1.33 bits per heavy atom. The third-order valence-electron chi connectivity index (χ3n) is 2.32. The maximum atomic E-state index is 12.1. The van der Waals surface area contributed by atoms with Crippen molar-refractivity contribution in [2.24, 2.45) is 0 Å². The Hall–Kier alpha value is -1.74. The zero-order valence-electron chi connectivity index (χ0n) is 10.2. The van der Waals surface area contributed by atoms with Crippen molar-refractivity contribution in [3.8, 4) is 0 Å². The van der Waals surface area contributed by atoms with Crippen LogP contribution in [-0.4, -0.2) is 28.8 Å². The van der Waals surface area contributed by atoms with Crippen LogP contribution in [0.3, 0.4) is 0 Å². The lowest BCUT2D eigenvalue weighted by molar-refractivity contribution is 0.387. The number of aryl methyl sites for hydroxylation is 3. The highest BCUT2D eigenvalue weighted by molar-refractivity contribution is 7.89. The van der Waals surface area contributed by atoms with Crippen LogP contribution in [0.1, 0.15) is 23.1 Å². The van der Waals surface area contributed by atoms with E-state index in [9.17, 15) is 8.42 Å². The van der Waals surface area contributed by atoms with Gasteiger partial charge >= 0.3 is 0 Å². The number of hydrogen-bond donors (Lipinski definition) is 2. The monoisotopic (exact) mass is 271 g/mol. The van der Waals surface area contributed by atoms with Gasteiger partial charge in [-0.25, -0.2) is 13.1 Å². The van der Waals surface area contributed by atoms with Crippen LogP contribution >= 0.6 is 0 Å². The summed E-state index contributed by atoms with van der Waals surface area (Å²) in [5.41, 5.74) is 0.911. The first kappa shape index (κ1) is 12.7. The molecule has 0 saturated carbocycles. The van der Waals surface area contributed by atoms with Crippen LogP contribution in [0.15, 0.2) is 9.42 Å². The maximum Gasteiger partial charge on any atom is 0.244 e. The molecule has 98 valence electrons. The maximum absolute atomic E-state index is 12.1. The van der Waals surface area contributed by atoms with Gasteiger partial charge in [0, 0.05) is 6.92 Å². The number of nitrogens with one attached hydrogen (secondary N) is 2. The average molecular weight is 271 g/mol. The summed E-state index contributed by atoms with van der Waals surface area (Å²) in [5.74, 6) is 0.676. The molecule has 0 amide bonds. The largest absolute Gasteiger partial charge is 0.340 e. The molecule has 0 atom stereocenters. The second kappa shape index (κ2) is 4.50. The number of nitrogens with zero attached hydrogens (tertiary/aromatic N) is 3. The molecule has 0 aliphatic heterocycles. The molecule has 0 saturated heterocycles. The van der Waals surface area contributed by atoms with Crippen molar-refractivity contribution in [1.82, 2.24) is 25.1 Å². The molecule has 2 heterocycles. The summed E-state index contributed by atoms with van der Waals surface area (Å²) >= 11 is 0. The number of aromatic nitrogens is 4. The molecule has 0 aliphatic carbocycles. The molecular weight excluding hydrogens is 258 g/mol. The topological polar surface area (TPSA) is 114 Å². The molecule has 0 bridgehead atoms. The van der Waals surface area contributed by atoms with Crippen LogP contribution in [0.2, 0.25) is 0 Å². The molecule has 0 radical (unpaired) electrons. The molecule has 8 nitrogen and oxygen atoms in total. The first-order valence-electron chi connectivity index (χ1n) is 5.20. The molecule has 2 aromatic rings. The van der Waals surface area contributed by atoms with E-state index >= 15 is 0 Å². The summed E-state index contributed by atoms with van der Waals surface area (Å²) in [6, 6.07) is 0. The normalized spacial score (nSPS) is 11.9. The average Bonchev–Trinajstić information content (AvgIpc) is 2.83. The van der Waals surface area contributed by atoms with E-state index in [2.05, 4.69) is 25.1 Å². The highest BCUT2D eigenvalue weighted by atomic mass is 32.2. The zero-order chi connectivity index (χ0) is 13.3. The predicted molar refractivity (Wildman–Crippen MR) is 61.1 cm³/mol. The van der Waals surface area contributed by atoms with Gasteiger partial charge in [0.25, 0.3) is 0 Å².